The van der Waals surface area contributed by atoms with E-state index >= 15 is 0 Å². The van der Waals surface area contributed by atoms with Crippen molar-refractivity contribution < 1.29 is 23.8 Å². The number of amides is 1. The van der Waals surface area contributed by atoms with E-state index in [9.17, 15) is 9.59 Å². The predicted molar refractivity (Wildman–Crippen MR) is 92.3 cm³/mol. The third-order valence-corrected chi connectivity index (χ3v) is 3.38. The molecule has 0 unspecified atom stereocenters. The molecule has 0 fully saturated rings. The first kappa shape index (κ1) is 18.3. The van der Waals surface area contributed by atoms with Gasteiger partial charge in [0.05, 0.1) is 7.11 Å². The predicted octanol–water partition coefficient (Wildman–Crippen LogP) is 2.32. The molecule has 0 heterocycles. The number of esters is 1. The van der Waals surface area contributed by atoms with E-state index in [2.05, 4.69) is 5.32 Å². The maximum atomic E-state index is 11.9. The first-order valence-corrected chi connectivity index (χ1v) is 7.86. The third-order valence-electron chi connectivity index (χ3n) is 3.38. The van der Waals surface area contributed by atoms with Crippen LogP contribution in [-0.2, 0) is 20.9 Å². The average molecular weight is 343 g/mol. The zero-order chi connectivity index (χ0) is 18.1. The van der Waals surface area contributed by atoms with Gasteiger partial charge in [-0.15, -0.1) is 0 Å². The minimum Gasteiger partial charge on any atom is -0.497 e. The molecule has 6 heteroatoms. The number of carbonyl (C=O) groups excluding carboxylic acids is 2. The van der Waals surface area contributed by atoms with Gasteiger partial charge in [-0.2, -0.15) is 0 Å². The molecule has 0 aliphatic carbocycles. The second-order valence-corrected chi connectivity index (χ2v) is 5.31. The lowest BCUT2D eigenvalue weighted by atomic mass is 10.2. The van der Waals surface area contributed by atoms with Crippen molar-refractivity contribution in [3.05, 3.63) is 60.2 Å². The quantitative estimate of drug-likeness (QED) is 0.745. The second kappa shape index (κ2) is 9.32. The smallest absolute Gasteiger partial charge is 0.347 e. The third kappa shape index (κ3) is 6.18. The van der Waals surface area contributed by atoms with Gasteiger partial charge in [-0.1, -0.05) is 30.3 Å². The van der Waals surface area contributed by atoms with Crippen LogP contribution in [0.5, 0.6) is 11.5 Å². The fraction of sp³-hybridized carbons (Fsp3) is 0.263. The summed E-state index contributed by atoms with van der Waals surface area (Å²) in [4.78, 5) is 23.6. The molecule has 1 N–H and O–H groups in total. The van der Waals surface area contributed by atoms with Gasteiger partial charge < -0.3 is 19.5 Å². The van der Waals surface area contributed by atoms with Crippen LogP contribution in [0, 0.1) is 0 Å². The number of hydrogen-bond donors (Lipinski definition) is 1. The van der Waals surface area contributed by atoms with E-state index in [1.165, 1.54) is 0 Å². The molecule has 0 spiro atoms. The molecule has 0 aliphatic heterocycles. The lowest BCUT2D eigenvalue weighted by Gasteiger charge is -2.14. The molecule has 1 atom stereocenters. The Morgan fingerprint density at radius 2 is 1.68 bits per heavy atom. The molecule has 0 bridgehead atoms. The Labute approximate surface area is 146 Å². The van der Waals surface area contributed by atoms with E-state index in [0.717, 1.165) is 11.3 Å². The van der Waals surface area contributed by atoms with Gasteiger partial charge in [0.15, 0.2) is 12.7 Å². The first-order chi connectivity index (χ1) is 12.1. The summed E-state index contributed by atoms with van der Waals surface area (Å²) in [5.41, 5.74) is 0.918. The standard InChI is InChI=1S/C19H21NO5/c1-14(25-17-6-4-3-5-7-17)19(22)24-13-18(21)20-12-15-8-10-16(23-2)11-9-15/h3-11,14H,12-13H2,1-2H3,(H,20,21)/t14-/m0/s1. The van der Waals surface area contributed by atoms with Gasteiger partial charge in [-0.25, -0.2) is 4.79 Å². The van der Waals surface area contributed by atoms with Gasteiger partial charge in [-0.3, -0.25) is 4.79 Å². The summed E-state index contributed by atoms with van der Waals surface area (Å²) in [6.45, 7) is 1.57. The summed E-state index contributed by atoms with van der Waals surface area (Å²) in [7, 11) is 1.59. The summed E-state index contributed by atoms with van der Waals surface area (Å²) in [5, 5.41) is 2.68. The number of rotatable bonds is 8. The number of para-hydroxylation sites is 1. The zero-order valence-electron chi connectivity index (χ0n) is 14.2. The fourth-order valence-corrected chi connectivity index (χ4v) is 2.00. The largest absolute Gasteiger partial charge is 0.497 e. The lowest BCUT2D eigenvalue weighted by molar-refractivity contribution is -0.154. The zero-order valence-corrected chi connectivity index (χ0v) is 14.2. The van der Waals surface area contributed by atoms with Crippen LogP contribution in [0.3, 0.4) is 0 Å². The van der Waals surface area contributed by atoms with Gasteiger partial charge in [0.1, 0.15) is 11.5 Å². The van der Waals surface area contributed by atoms with Gasteiger partial charge >= 0.3 is 5.97 Å². The summed E-state index contributed by atoms with van der Waals surface area (Å²) in [6.07, 6.45) is -0.795. The number of carbonyl (C=O) groups is 2. The molecule has 6 nitrogen and oxygen atoms in total. The van der Waals surface area contributed by atoms with Crippen LogP contribution >= 0.6 is 0 Å². The van der Waals surface area contributed by atoms with Crippen molar-refractivity contribution >= 4 is 11.9 Å². The highest BCUT2D eigenvalue weighted by molar-refractivity contribution is 5.81. The van der Waals surface area contributed by atoms with Gasteiger partial charge in [0.2, 0.25) is 0 Å². The summed E-state index contributed by atoms with van der Waals surface area (Å²) < 4.78 is 15.5. The summed E-state index contributed by atoms with van der Waals surface area (Å²) in [5.74, 6) is 0.340. The first-order valence-electron chi connectivity index (χ1n) is 7.86. The van der Waals surface area contributed by atoms with Crippen molar-refractivity contribution in [3.63, 3.8) is 0 Å². The Bertz CT molecular complexity index is 685. The van der Waals surface area contributed by atoms with Gasteiger partial charge in [-0.05, 0) is 36.8 Å². The molecule has 0 radical (unpaired) electrons. The molecule has 132 valence electrons. The van der Waals surface area contributed by atoms with E-state index in [1.54, 1.807) is 38.3 Å². The Morgan fingerprint density at radius 3 is 2.32 bits per heavy atom. The molecule has 2 aromatic carbocycles. The van der Waals surface area contributed by atoms with Crippen LogP contribution in [0.2, 0.25) is 0 Å². The maximum Gasteiger partial charge on any atom is 0.347 e. The number of nitrogens with one attached hydrogen (secondary N) is 1. The van der Waals surface area contributed by atoms with Crippen LogP contribution in [0.25, 0.3) is 0 Å². The van der Waals surface area contributed by atoms with Crippen LogP contribution in [0.1, 0.15) is 12.5 Å². The topological polar surface area (TPSA) is 73.9 Å². The monoisotopic (exact) mass is 343 g/mol. The van der Waals surface area contributed by atoms with Crippen molar-refractivity contribution in [2.24, 2.45) is 0 Å². The highest BCUT2D eigenvalue weighted by atomic mass is 16.6. The molecular weight excluding hydrogens is 322 g/mol. The van der Waals surface area contributed by atoms with Crippen molar-refractivity contribution in [3.8, 4) is 11.5 Å². The maximum absolute atomic E-state index is 11.9. The van der Waals surface area contributed by atoms with E-state index < -0.39 is 12.1 Å². The molecule has 0 aliphatic rings. The summed E-state index contributed by atoms with van der Waals surface area (Å²) in [6, 6.07) is 16.3. The lowest BCUT2D eigenvalue weighted by Crippen LogP contribution is -2.32. The highest BCUT2D eigenvalue weighted by Gasteiger charge is 2.17. The minimum absolute atomic E-state index is 0.344. The Hall–Kier alpha value is -3.02. The van der Waals surface area contributed by atoms with Crippen LogP contribution < -0.4 is 14.8 Å². The summed E-state index contributed by atoms with van der Waals surface area (Å²) >= 11 is 0. The molecule has 0 aromatic heterocycles. The number of methoxy groups -OCH3 is 1. The number of benzene rings is 2. The van der Waals surface area contributed by atoms with E-state index in [0.29, 0.717) is 12.3 Å². The molecule has 25 heavy (non-hydrogen) atoms. The highest BCUT2D eigenvalue weighted by Crippen LogP contribution is 2.12. The Kier molecular flexibility index (Phi) is 6.83. The van der Waals surface area contributed by atoms with E-state index in [1.807, 2.05) is 30.3 Å². The Balaban J connectivity index is 1.70. The van der Waals surface area contributed by atoms with Crippen molar-refractivity contribution in [1.82, 2.24) is 5.32 Å². The van der Waals surface area contributed by atoms with Gasteiger partial charge in [0, 0.05) is 6.54 Å². The molecule has 2 rings (SSSR count). The number of ether oxygens (including phenoxy) is 3. The molecule has 0 saturated carbocycles. The Morgan fingerprint density at radius 1 is 1.00 bits per heavy atom. The average Bonchev–Trinajstić information content (AvgIpc) is 2.65. The fourth-order valence-electron chi connectivity index (χ4n) is 2.00. The molecule has 1 amide bonds. The SMILES string of the molecule is COc1ccc(CNC(=O)COC(=O)[C@H](C)Oc2ccccc2)cc1. The van der Waals surface area contributed by atoms with Crippen molar-refractivity contribution in [2.75, 3.05) is 13.7 Å². The normalized spacial score (nSPS) is 11.3. The van der Waals surface area contributed by atoms with Crippen LogP contribution in [0.4, 0.5) is 0 Å². The molecule has 2 aromatic rings. The molecular formula is C19H21NO5. The minimum atomic E-state index is -0.795. The van der Waals surface area contributed by atoms with E-state index in [4.69, 9.17) is 14.2 Å². The van der Waals surface area contributed by atoms with Gasteiger partial charge in [0.25, 0.3) is 5.91 Å². The van der Waals surface area contributed by atoms with Crippen molar-refractivity contribution in [1.29, 1.82) is 0 Å². The van der Waals surface area contributed by atoms with Crippen molar-refractivity contribution in [2.45, 2.75) is 19.6 Å². The van der Waals surface area contributed by atoms with E-state index in [-0.39, 0.29) is 12.5 Å². The van der Waals surface area contributed by atoms with Crippen LogP contribution in [-0.4, -0.2) is 31.7 Å². The number of hydrogen-bond acceptors (Lipinski definition) is 5. The second-order valence-electron chi connectivity index (χ2n) is 5.31. The molecule has 0 saturated heterocycles. The van der Waals surface area contributed by atoms with Crippen LogP contribution in [0.15, 0.2) is 54.6 Å².